The fourth-order valence-electron chi connectivity index (χ4n) is 3.34. The molecule has 1 fully saturated rings. The molecule has 0 unspecified atom stereocenters. The van der Waals surface area contributed by atoms with Crippen LogP contribution in [0.2, 0.25) is 0 Å². The van der Waals surface area contributed by atoms with Crippen LogP contribution in [0.25, 0.3) is 11.0 Å². The maximum atomic E-state index is 13.2. The van der Waals surface area contributed by atoms with Crippen molar-refractivity contribution in [2.75, 3.05) is 6.54 Å². The van der Waals surface area contributed by atoms with Crippen molar-refractivity contribution in [3.63, 3.8) is 0 Å². The van der Waals surface area contributed by atoms with Gasteiger partial charge in [0.25, 0.3) is 5.91 Å². The van der Waals surface area contributed by atoms with Gasteiger partial charge in [0.1, 0.15) is 5.82 Å². The lowest BCUT2D eigenvalue weighted by Crippen LogP contribution is -2.30. The van der Waals surface area contributed by atoms with E-state index in [1.165, 1.54) is 12.1 Å². The third-order valence-electron chi connectivity index (χ3n) is 4.62. The molecule has 0 radical (unpaired) electrons. The summed E-state index contributed by atoms with van der Waals surface area (Å²) in [5.41, 5.74) is 3.03. The second-order valence-corrected chi connectivity index (χ2v) is 6.15. The molecule has 6 heteroatoms. The van der Waals surface area contributed by atoms with Gasteiger partial charge >= 0.3 is 0 Å². The molecule has 5 nitrogen and oxygen atoms in total. The van der Waals surface area contributed by atoms with Crippen molar-refractivity contribution in [2.24, 2.45) is 0 Å². The van der Waals surface area contributed by atoms with Crippen LogP contribution in [0.1, 0.15) is 40.5 Å². The van der Waals surface area contributed by atoms with Gasteiger partial charge in [0, 0.05) is 23.8 Å². The Labute approximate surface area is 138 Å². The third-order valence-corrected chi connectivity index (χ3v) is 4.62. The molecule has 24 heavy (non-hydrogen) atoms. The van der Waals surface area contributed by atoms with Gasteiger partial charge in [-0.15, -0.1) is 0 Å². The van der Waals surface area contributed by atoms with E-state index in [-0.39, 0.29) is 17.8 Å². The molecular formula is C18H17FN4O. The number of hydrogen-bond donors (Lipinski definition) is 1. The lowest BCUT2D eigenvalue weighted by atomic mass is 10.0. The largest absolute Gasteiger partial charge is 0.332 e. The SMILES string of the molecule is Cc1[nH]nc2ncc(C(=O)N3CCC[C@@H]3c3ccc(F)cc3)cc12. The molecule has 1 N–H and O–H groups in total. The lowest BCUT2D eigenvalue weighted by molar-refractivity contribution is 0.0735. The summed E-state index contributed by atoms with van der Waals surface area (Å²) in [6, 6.07) is 8.22. The monoisotopic (exact) mass is 324 g/mol. The predicted octanol–water partition coefficient (Wildman–Crippen LogP) is 3.38. The summed E-state index contributed by atoms with van der Waals surface area (Å²) in [7, 11) is 0. The zero-order valence-electron chi connectivity index (χ0n) is 13.3. The summed E-state index contributed by atoms with van der Waals surface area (Å²) >= 11 is 0. The first kappa shape index (κ1) is 14.8. The molecule has 1 aliphatic heterocycles. The van der Waals surface area contributed by atoms with Crippen molar-refractivity contribution in [1.82, 2.24) is 20.1 Å². The van der Waals surface area contributed by atoms with Crippen LogP contribution in [0.3, 0.4) is 0 Å². The van der Waals surface area contributed by atoms with Gasteiger partial charge in [0.05, 0.1) is 11.6 Å². The van der Waals surface area contributed by atoms with Gasteiger partial charge in [-0.2, -0.15) is 5.10 Å². The van der Waals surface area contributed by atoms with Crippen molar-refractivity contribution >= 4 is 16.9 Å². The van der Waals surface area contributed by atoms with Crippen LogP contribution in [-0.4, -0.2) is 32.5 Å². The second kappa shape index (κ2) is 5.70. The number of nitrogens with zero attached hydrogens (tertiary/aromatic N) is 3. The average molecular weight is 324 g/mol. The van der Waals surface area contributed by atoms with Crippen LogP contribution < -0.4 is 0 Å². The maximum absolute atomic E-state index is 13.2. The lowest BCUT2D eigenvalue weighted by Gasteiger charge is -2.25. The summed E-state index contributed by atoms with van der Waals surface area (Å²) in [4.78, 5) is 19.1. The van der Waals surface area contributed by atoms with Crippen LogP contribution in [-0.2, 0) is 0 Å². The number of likely N-dealkylation sites (tertiary alicyclic amines) is 1. The van der Waals surface area contributed by atoms with Crippen molar-refractivity contribution in [1.29, 1.82) is 0 Å². The molecule has 4 rings (SSSR count). The molecule has 1 aromatic carbocycles. The highest BCUT2D eigenvalue weighted by molar-refractivity contribution is 5.97. The first-order chi connectivity index (χ1) is 11.6. The van der Waals surface area contributed by atoms with E-state index < -0.39 is 0 Å². The Morgan fingerprint density at radius 1 is 1.33 bits per heavy atom. The number of H-pyrrole nitrogens is 1. The number of rotatable bonds is 2. The van der Waals surface area contributed by atoms with Gasteiger partial charge in [-0.25, -0.2) is 9.37 Å². The molecule has 122 valence electrons. The van der Waals surface area contributed by atoms with Gasteiger partial charge in [0.15, 0.2) is 5.65 Å². The van der Waals surface area contributed by atoms with E-state index in [2.05, 4.69) is 15.2 Å². The van der Waals surface area contributed by atoms with Crippen LogP contribution in [0.15, 0.2) is 36.5 Å². The normalized spacial score (nSPS) is 17.6. The Morgan fingerprint density at radius 3 is 2.92 bits per heavy atom. The highest BCUT2D eigenvalue weighted by Crippen LogP contribution is 2.33. The fraction of sp³-hybridized carbons (Fsp3) is 0.278. The van der Waals surface area contributed by atoms with E-state index >= 15 is 0 Å². The van der Waals surface area contributed by atoms with E-state index in [9.17, 15) is 9.18 Å². The standard InChI is InChI=1S/C18H17FN4O/c1-11-15-9-13(10-20-17(15)22-21-11)18(24)23-8-2-3-16(23)12-4-6-14(19)7-5-12/h4-7,9-10,16H,2-3,8H2,1H3,(H,20,21,22)/t16-/m1/s1. The van der Waals surface area contributed by atoms with E-state index in [1.807, 2.05) is 17.9 Å². The van der Waals surface area contributed by atoms with Crippen molar-refractivity contribution < 1.29 is 9.18 Å². The molecule has 3 aromatic rings. The predicted molar refractivity (Wildman–Crippen MR) is 88.0 cm³/mol. The first-order valence-electron chi connectivity index (χ1n) is 8.00. The number of carbonyl (C=O) groups is 1. The molecule has 0 spiro atoms. The minimum Gasteiger partial charge on any atom is -0.332 e. The second-order valence-electron chi connectivity index (χ2n) is 6.15. The molecule has 1 saturated heterocycles. The minimum atomic E-state index is -0.264. The van der Waals surface area contributed by atoms with E-state index in [0.717, 1.165) is 29.5 Å². The number of aryl methyl sites for hydroxylation is 1. The van der Waals surface area contributed by atoms with Gasteiger partial charge in [-0.05, 0) is 43.5 Å². The molecule has 1 atom stereocenters. The first-order valence-corrected chi connectivity index (χ1v) is 8.00. The smallest absolute Gasteiger partial charge is 0.255 e. The quantitative estimate of drug-likeness (QED) is 0.786. The average Bonchev–Trinajstić information content (AvgIpc) is 3.22. The molecule has 0 bridgehead atoms. The third kappa shape index (κ3) is 2.44. The Morgan fingerprint density at radius 2 is 2.12 bits per heavy atom. The number of aromatic amines is 1. The Kier molecular flexibility index (Phi) is 3.52. The van der Waals surface area contributed by atoms with Crippen LogP contribution >= 0.6 is 0 Å². The number of nitrogens with one attached hydrogen (secondary N) is 1. The Hall–Kier alpha value is -2.76. The van der Waals surface area contributed by atoms with Gasteiger partial charge < -0.3 is 4.90 Å². The summed E-state index contributed by atoms with van der Waals surface area (Å²) < 4.78 is 13.2. The molecule has 2 aromatic heterocycles. The zero-order valence-corrected chi connectivity index (χ0v) is 13.3. The van der Waals surface area contributed by atoms with Gasteiger partial charge in [-0.3, -0.25) is 9.89 Å². The van der Waals surface area contributed by atoms with E-state index in [0.29, 0.717) is 17.8 Å². The molecule has 1 amide bonds. The van der Waals surface area contributed by atoms with Gasteiger partial charge in [-0.1, -0.05) is 12.1 Å². The maximum Gasteiger partial charge on any atom is 0.255 e. The number of aromatic nitrogens is 3. The number of hydrogen-bond acceptors (Lipinski definition) is 3. The molecule has 3 heterocycles. The van der Waals surface area contributed by atoms with Crippen LogP contribution in [0.5, 0.6) is 0 Å². The topological polar surface area (TPSA) is 61.9 Å². The number of carbonyl (C=O) groups excluding carboxylic acids is 1. The molecule has 1 aliphatic rings. The van der Waals surface area contributed by atoms with Crippen LogP contribution in [0.4, 0.5) is 4.39 Å². The Bertz CT molecular complexity index is 903. The number of pyridine rings is 1. The number of fused-ring (bicyclic) bond motifs is 1. The highest BCUT2D eigenvalue weighted by Gasteiger charge is 2.31. The summed E-state index contributed by atoms with van der Waals surface area (Å²) in [5.74, 6) is -0.309. The number of halogens is 1. The molecule has 0 aliphatic carbocycles. The highest BCUT2D eigenvalue weighted by atomic mass is 19.1. The summed E-state index contributed by atoms with van der Waals surface area (Å²) in [5, 5.41) is 7.83. The fourth-order valence-corrected chi connectivity index (χ4v) is 3.34. The van der Waals surface area contributed by atoms with E-state index in [4.69, 9.17) is 0 Å². The molecule has 0 saturated carbocycles. The van der Waals surface area contributed by atoms with Crippen molar-refractivity contribution in [2.45, 2.75) is 25.8 Å². The zero-order chi connectivity index (χ0) is 16.7. The summed E-state index contributed by atoms with van der Waals surface area (Å²) in [6.07, 6.45) is 3.40. The Balaban J connectivity index is 1.66. The summed E-state index contributed by atoms with van der Waals surface area (Å²) in [6.45, 7) is 2.60. The van der Waals surface area contributed by atoms with E-state index in [1.54, 1.807) is 18.3 Å². The number of benzene rings is 1. The number of amides is 1. The minimum absolute atomic E-state index is 0.0146. The van der Waals surface area contributed by atoms with Crippen molar-refractivity contribution in [3.8, 4) is 0 Å². The molecular weight excluding hydrogens is 307 g/mol. The van der Waals surface area contributed by atoms with Crippen LogP contribution in [0, 0.1) is 12.7 Å². The van der Waals surface area contributed by atoms with Crippen molar-refractivity contribution in [3.05, 3.63) is 59.2 Å². The van der Waals surface area contributed by atoms with Gasteiger partial charge in [0.2, 0.25) is 0 Å².